The maximum Gasteiger partial charge on any atom is 0.347 e. The van der Waals surface area contributed by atoms with Gasteiger partial charge < -0.3 is 13.9 Å². The molecule has 0 aliphatic carbocycles. The van der Waals surface area contributed by atoms with Gasteiger partial charge in [0, 0.05) is 22.0 Å². The standard InChI is InChI=1S/C21H19ClO5/c1-12-5-4-6-16(7-12)26-14(3)21(24)25-11-15-9-20(23)27-19-8-13(2)18(22)10-17(15)19/h4-10,14H,11H2,1-3H3/t14-/m0/s1. The average molecular weight is 387 g/mol. The van der Waals surface area contributed by atoms with E-state index in [-0.39, 0.29) is 6.61 Å². The van der Waals surface area contributed by atoms with Gasteiger partial charge in [0.1, 0.15) is 17.9 Å². The number of carbonyl (C=O) groups is 1. The zero-order chi connectivity index (χ0) is 19.6. The summed E-state index contributed by atoms with van der Waals surface area (Å²) < 4.78 is 16.2. The normalized spacial score (nSPS) is 12.0. The molecule has 0 radical (unpaired) electrons. The Kier molecular flexibility index (Phi) is 5.51. The highest BCUT2D eigenvalue weighted by Crippen LogP contribution is 2.25. The molecule has 0 aliphatic rings. The Morgan fingerprint density at radius 1 is 1.19 bits per heavy atom. The van der Waals surface area contributed by atoms with Gasteiger partial charge in [-0.05, 0) is 56.2 Å². The van der Waals surface area contributed by atoms with E-state index in [1.807, 2.05) is 32.0 Å². The quantitative estimate of drug-likeness (QED) is 0.474. The highest BCUT2D eigenvalue weighted by Gasteiger charge is 2.18. The lowest BCUT2D eigenvalue weighted by molar-refractivity contribution is -0.152. The minimum Gasteiger partial charge on any atom is -0.479 e. The first kappa shape index (κ1) is 19.0. The van der Waals surface area contributed by atoms with Crippen molar-refractivity contribution in [3.8, 4) is 5.75 Å². The van der Waals surface area contributed by atoms with Crippen LogP contribution in [-0.4, -0.2) is 12.1 Å². The van der Waals surface area contributed by atoms with E-state index in [2.05, 4.69) is 0 Å². The topological polar surface area (TPSA) is 65.7 Å². The van der Waals surface area contributed by atoms with E-state index in [1.54, 1.807) is 25.1 Å². The van der Waals surface area contributed by atoms with Crippen LogP contribution in [0.1, 0.15) is 23.6 Å². The van der Waals surface area contributed by atoms with E-state index in [9.17, 15) is 9.59 Å². The second kappa shape index (κ2) is 7.84. The molecule has 0 saturated heterocycles. The molecule has 0 aliphatic heterocycles. The van der Waals surface area contributed by atoms with Gasteiger partial charge in [0.05, 0.1) is 0 Å². The predicted octanol–water partition coefficient (Wildman–Crippen LogP) is 4.57. The zero-order valence-corrected chi connectivity index (χ0v) is 16.0. The molecule has 0 saturated carbocycles. The SMILES string of the molecule is Cc1cccc(O[C@@H](C)C(=O)OCc2cc(=O)oc3cc(C)c(Cl)cc23)c1. The summed E-state index contributed by atoms with van der Waals surface area (Å²) in [7, 11) is 0. The largest absolute Gasteiger partial charge is 0.479 e. The fourth-order valence-electron chi connectivity index (χ4n) is 2.67. The summed E-state index contributed by atoms with van der Waals surface area (Å²) in [5, 5.41) is 1.17. The molecular weight excluding hydrogens is 368 g/mol. The number of benzene rings is 2. The molecule has 140 valence electrons. The maximum absolute atomic E-state index is 12.3. The van der Waals surface area contributed by atoms with Crippen LogP contribution in [0.5, 0.6) is 5.75 Å². The summed E-state index contributed by atoms with van der Waals surface area (Å²) in [6, 6.07) is 12.1. The van der Waals surface area contributed by atoms with Crippen LogP contribution >= 0.6 is 11.6 Å². The van der Waals surface area contributed by atoms with Crippen LogP contribution in [0.3, 0.4) is 0 Å². The molecule has 0 amide bonds. The first-order valence-corrected chi connectivity index (χ1v) is 8.84. The lowest BCUT2D eigenvalue weighted by Gasteiger charge is -2.15. The van der Waals surface area contributed by atoms with Crippen molar-refractivity contribution in [2.45, 2.75) is 33.5 Å². The highest BCUT2D eigenvalue weighted by molar-refractivity contribution is 6.32. The second-order valence-corrected chi connectivity index (χ2v) is 6.78. The van der Waals surface area contributed by atoms with Crippen LogP contribution < -0.4 is 10.4 Å². The van der Waals surface area contributed by atoms with Crippen molar-refractivity contribution in [2.24, 2.45) is 0 Å². The molecular formula is C21H19ClO5. The number of ether oxygens (including phenoxy) is 2. The van der Waals surface area contributed by atoms with Crippen molar-refractivity contribution in [3.63, 3.8) is 0 Å². The smallest absolute Gasteiger partial charge is 0.347 e. The molecule has 0 spiro atoms. The van der Waals surface area contributed by atoms with E-state index < -0.39 is 17.7 Å². The van der Waals surface area contributed by atoms with Crippen molar-refractivity contribution in [3.05, 3.63) is 74.6 Å². The second-order valence-electron chi connectivity index (χ2n) is 6.37. The molecule has 6 heteroatoms. The molecule has 3 aromatic rings. The fourth-order valence-corrected chi connectivity index (χ4v) is 2.84. The molecule has 1 aromatic heterocycles. The summed E-state index contributed by atoms with van der Waals surface area (Å²) in [6.45, 7) is 5.29. The Morgan fingerprint density at radius 3 is 2.70 bits per heavy atom. The van der Waals surface area contributed by atoms with Crippen LogP contribution in [-0.2, 0) is 16.1 Å². The molecule has 2 aromatic carbocycles. The van der Waals surface area contributed by atoms with Crippen molar-refractivity contribution < 1.29 is 18.7 Å². The van der Waals surface area contributed by atoms with Crippen LogP contribution in [0.25, 0.3) is 11.0 Å². The number of hydrogen-bond donors (Lipinski definition) is 0. The molecule has 0 fully saturated rings. The molecule has 5 nitrogen and oxygen atoms in total. The van der Waals surface area contributed by atoms with E-state index in [1.165, 1.54) is 6.07 Å². The molecule has 1 atom stereocenters. The van der Waals surface area contributed by atoms with Gasteiger partial charge in [0.15, 0.2) is 6.10 Å². The van der Waals surface area contributed by atoms with Crippen molar-refractivity contribution in [2.75, 3.05) is 0 Å². The third-order valence-corrected chi connectivity index (χ3v) is 4.52. The number of esters is 1. The minimum atomic E-state index is -0.788. The fraction of sp³-hybridized carbons (Fsp3) is 0.238. The van der Waals surface area contributed by atoms with E-state index in [0.717, 1.165) is 11.1 Å². The first-order valence-electron chi connectivity index (χ1n) is 8.46. The summed E-state index contributed by atoms with van der Waals surface area (Å²) in [5.74, 6) is 0.0589. The lowest BCUT2D eigenvalue weighted by Crippen LogP contribution is -2.26. The third-order valence-electron chi connectivity index (χ3n) is 4.11. The summed E-state index contributed by atoms with van der Waals surface area (Å²) >= 11 is 6.17. The minimum absolute atomic E-state index is 0.0815. The summed E-state index contributed by atoms with van der Waals surface area (Å²) in [5.41, 5.74) is 2.24. The van der Waals surface area contributed by atoms with E-state index >= 15 is 0 Å². The lowest BCUT2D eigenvalue weighted by atomic mass is 10.1. The van der Waals surface area contributed by atoms with Crippen LogP contribution in [0.4, 0.5) is 0 Å². The Labute approximate surface area is 161 Å². The monoisotopic (exact) mass is 386 g/mol. The molecule has 1 heterocycles. The van der Waals surface area contributed by atoms with E-state index in [0.29, 0.717) is 27.3 Å². The predicted molar refractivity (Wildman–Crippen MR) is 103 cm³/mol. The van der Waals surface area contributed by atoms with Crippen LogP contribution in [0, 0.1) is 13.8 Å². The van der Waals surface area contributed by atoms with Gasteiger partial charge >= 0.3 is 11.6 Å². The molecule has 0 N–H and O–H groups in total. The number of halogens is 1. The van der Waals surface area contributed by atoms with Crippen molar-refractivity contribution in [1.29, 1.82) is 0 Å². The van der Waals surface area contributed by atoms with Gasteiger partial charge in [-0.2, -0.15) is 0 Å². The van der Waals surface area contributed by atoms with Gasteiger partial charge in [-0.15, -0.1) is 0 Å². The van der Waals surface area contributed by atoms with E-state index in [4.69, 9.17) is 25.5 Å². The Bertz CT molecular complexity index is 1050. The number of fused-ring (bicyclic) bond motifs is 1. The van der Waals surface area contributed by atoms with Gasteiger partial charge in [-0.25, -0.2) is 9.59 Å². The highest BCUT2D eigenvalue weighted by atomic mass is 35.5. The number of hydrogen-bond acceptors (Lipinski definition) is 5. The third kappa shape index (κ3) is 4.49. The summed E-state index contributed by atoms with van der Waals surface area (Å²) in [4.78, 5) is 24.1. The Morgan fingerprint density at radius 2 is 1.96 bits per heavy atom. The molecule has 0 bridgehead atoms. The first-order chi connectivity index (χ1) is 12.8. The van der Waals surface area contributed by atoms with Gasteiger partial charge in [-0.3, -0.25) is 0 Å². The number of aryl methyl sites for hydroxylation is 2. The van der Waals surface area contributed by atoms with Gasteiger partial charge in [-0.1, -0.05) is 23.7 Å². The number of carbonyl (C=O) groups excluding carboxylic acids is 1. The maximum atomic E-state index is 12.3. The molecule has 27 heavy (non-hydrogen) atoms. The average Bonchev–Trinajstić information content (AvgIpc) is 2.61. The molecule has 0 unspecified atom stereocenters. The van der Waals surface area contributed by atoms with Gasteiger partial charge in [0.25, 0.3) is 0 Å². The van der Waals surface area contributed by atoms with Crippen LogP contribution in [0.15, 0.2) is 51.7 Å². The van der Waals surface area contributed by atoms with Crippen molar-refractivity contribution in [1.82, 2.24) is 0 Å². The van der Waals surface area contributed by atoms with Gasteiger partial charge in [0.2, 0.25) is 0 Å². The molecule has 3 rings (SSSR count). The summed E-state index contributed by atoms with van der Waals surface area (Å²) in [6.07, 6.45) is -0.788. The zero-order valence-electron chi connectivity index (χ0n) is 15.2. The Balaban J connectivity index is 1.75. The Hall–Kier alpha value is -2.79. The van der Waals surface area contributed by atoms with Crippen molar-refractivity contribution >= 4 is 28.5 Å². The number of rotatable bonds is 5. The van der Waals surface area contributed by atoms with Crippen LogP contribution in [0.2, 0.25) is 5.02 Å².